The molecular weight excluding hydrogens is 426 g/mol. The number of benzene rings is 1. The highest BCUT2D eigenvalue weighted by atomic mass is 32.1. The molecule has 1 atom stereocenters. The van der Waals surface area contributed by atoms with Gasteiger partial charge in [0, 0.05) is 25.5 Å². The van der Waals surface area contributed by atoms with E-state index in [0.717, 1.165) is 5.56 Å². The Morgan fingerprint density at radius 1 is 1.22 bits per heavy atom. The summed E-state index contributed by atoms with van der Waals surface area (Å²) in [7, 11) is 0. The summed E-state index contributed by atoms with van der Waals surface area (Å²) < 4.78 is 7.65. The smallest absolute Gasteiger partial charge is 0.290 e. The SMILES string of the molecule is CC(C)Oc1ccc([C@H]2C(C(=O)c3cccs3)=C(O)C(=O)N2CCCn2ccnc2)cc1. The van der Waals surface area contributed by atoms with Crippen LogP contribution < -0.4 is 4.74 Å². The zero-order valence-electron chi connectivity index (χ0n) is 18.0. The van der Waals surface area contributed by atoms with Gasteiger partial charge in [0.15, 0.2) is 5.76 Å². The largest absolute Gasteiger partial charge is 0.503 e. The van der Waals surface area contributed by atoms with Crippen molar-refractivity contribution in [2.45, 2.75) is 39.0 Å². The molecule has 32 heavy (non-hydrogen) atoms. The Hall–Kier alpha value is -3.39. The van der Waals surface area contributed by atoms with Crippen molar-refractivity contribution in [1.82, 2.24) is 14.5 Å². The fraction of sp³-hybridized carbons (Fsp3) is 0.292. The van der Waals surface area contributed by atoms with Crippen LogP contribution in [0.1, 0.15) is 41.5 Å². The first kappa shape index (κ1) is 21.8. The molecule has 3 aromatic rings. The molecule has 7 nitrogen and oxygen atoms in total. The number of imidazole rings is 1. The van der Waals surface area contributed by atoms with Gasteiger partial charge in [0.1, 0.15) is 5.75 Å². The van der Waals surface area contributed by atoms with Crippen molar-refractivity contribution in [2.24, 2.45) is 0 Å². The molecule has 0 fully saturated rings. The molecule has 0 saturated carbocycles. The highest BCUT2D eigenvalue weighted by Crippen LogP contribution is 2.40. The number of Topliss-reactive ketones (excluding diaryl/α,β-unsaturated/α-hetero) is 1. The van der Waals surface area contributed by atoms with E-state index < -0.39 is 17.7 Å². The highest BCUT2D eigenvalue weighted by molar-refractivity contribution is 7.12. The summed E-state index contributed by atoms with van der Waals surface area (Å²) in [6.07, 6.45) is 5.97. The van der Waals surface area contributed by atoms with Gasteiger partial charge >= 0.3 is 0 Å². The van der Waals surface area contributed by atoms with Gasteiger partial charge in [-0.05, 0) is 49.4 Å². The second-order valence-electron chi connectivity index (χ2n) is 7.86. The summed E-state index contributed by atoms with van der Waals surface area (Å²) >= 11 is 1.29. The van der Waals surface area contributed by atoms with Crippen LogP contribution in [0, 0.1) is 0 Å². The van der Waals surface area contributed by atoms with Crippen LogP contribution in [0.3, 0.4) is 0 Å². The topological polar surface area (TPSA) is 84.7 Å². The maximum Gasteiger partial charge on any atom is 0.290 e. The maximum atomic E-state index is 13.2. The molecule has 1 aliphatic rings. The van der Waals surface area contributed by atoms with Crippen molar-refractivity contribution in [1.29, 1.82) is 0 Å². The lowest BCUT2D eigenvalue weighted by atomic mass is 9.95. The number of hydrogen-bond acceptors (Lipinski definition) is 6. The van der Waals surface area contributed by atoms with Crippen molar-refractivity contribution in [2.75, 3.05) is 6.54 Å². The molecule has 0 unspecified atom stereocenters. The Morgan fingerprint density at radius 2 is 2.00 bits per heavy atom. The number of ether oxygens (including phenoxy) is 1. The van der Waals surface area contributed by atoms with Crippen LogP contribution >= 0.6 is 11.3 Å². The molecular formula is C24H25N3O4S. The first-order valence-corrected chi connectivity index (χ1v) is 11.4. The monoisotopic (exact) mass is 451 g/mol. The summed E-state index contributed by atoms with van der Waals surface area (Å²) in [5.41, 5.74) is 0.874. The standard InChI is InChI=1S/C24H25N3O4S/c1-16(2)31-18-8-6-17(7-9-18)21-20(22(28)19-5-3-14-32-19)23(29)24(30)27(21)12-4-11-26-13-10-25-15-26/h3,5-10,13-16,21,29H,4,11-12H2,1-2H3/t21-/m0/s1. The quantitative estimate of drug-likeness (QED) is 0.488. The van der Waals surface area contributed by atoms with E-state index in [-0.39, 0.29) is 17.5 Å². The number of aliphatic hydroxyl groups excluding tert-OH is 1. The Morgan fingerprint density at radius 3 is 2.62 bits per heavy atom. The van der Waals surface area contributed by atoms with Crippen LogP contribution in [0.25, 0.3) is 0 Å². The Bertz CT molecular complexity index is 1100. The number of nitrogens with zero attached hydrogens (tertiary/aromatic N) is 3. The van der Waals surface area contributed by atoms with Gasteiger partial charge in [0.25, 0.3) is 5.91 Å². The van der Waals surface area contributed by atoms with Crippen molar-refractivity contribution >= 4 is 23.0 Å². The number of hydrogen-bond donors (Lipinski definition) is 1. The first-order valence-electron chi connectivity index (χ1n) is 10.5. The van der Waals surface area contributed by atoms with Crippen molar-refractivity contribution in [3.8, 4) is 5.75 Å². The lowest BCUT2D eigenvalue weighted by Crippen LogP contribution is -2.32. The number of amides is 1. The lowest BCUT2D eigenvalue weighted by molar-refractivity contribution is -0.129. The molecule has 2 aromatic heterocycles. The number of carbonyl (C=O) groups is 2. The summed E-state index contributed by atoms with van der Waals surface area (Å²) in [6, 6.07) is 10.2. The van der Waals surface area contributed by atoms with Gasteiger partial charge in [-0.15, -0.1) is 11.3 Å². The fourth-order valence-corrected chi connectivity index (χ4v) is 4.52. The molecule has 0 spiro atoms. The van der Waals surface area contributed by atoms with Gasteiger partial charge in [-0.25, -0.2) is 4.98 Å². The number of carbonyl (C=O) groups excluding carboxylic acids is 2. The number of ketones is 1. The molecule has 0 bridgehead atoms. The van der Waals surface area contributed by atoms with E-state index in [4.69, 9.17) is 4.74 Å². The van der Waals surface area contributed by atoms with Crippen molar-refractivity contribution in [3.05, 3.63) is 82.3 Å². The third kappa shape index (κ3) is 4.45. The minimum atomic E-state index is -0.659. The summed E-state index contributed by atoms with van der Waals surface area (Å²) in [5, 5.41) is 12.5. The lowest BCUT2D eigenvalue weighted by Gasteiger charge is -2.27. The highest BCUT2D eigenvalue weighted by Gasteiger charge is 2.43. The van der Waals surface area contributed by atoms with Crippen molar-refractivity contribution < 1.29 is 19.4 Å². The van der Waals surface area contributed by atoms with Crippen LogP contribution in [-0.2, 0) is 11.3 Å². The van der Waals surface area contributed by atoms with E-state index in [0.29, 0.717) is 30.1 Å². The van der Waals surface area contributed by atoms with Crippen LogP contribution in [0.2, 0.25) is 0 Å². The zero-order chi connectivity index (χ0) is 22.7. The molecule has 0 aliphatic carbocycles. The van der Waals surface area contributed by atoms with Gasteiger partial charge in [-0.3, -0.25) is 9.59 Å². The van der Waals surface area contributed by atoms with E-state index >= 15 is 0 Å². The van der Waals surface area contributed by atoms with Crippen LogP contribution in [-0.4, -0.2) is 43.9 Å². The number of thiophene rings is 1. The number of aliphatic hydroxyl groups is 1. The molecule has 3 heterocycles. The van der Waals surface area contributed by atoms with Gasteiger partial charge in [-0.1, -0.05) is 18.2 Å². The zero-order valence-corrected chi connectivity index (χ0v) is 18.8. The predicted octanol–water partition coefficient (Wildman–Crippen LogP) is 4.40. The molecule has 1 aliphatic heterocycles. The van der Waals surface area contributed by atoms with Crippen LogP contribution in [0.4, 0.5) is 0 Å². The van der Waals surface area contributed by atoms with E-state index in [1.165, 1.54) is 11.3 Å². The minimum absolute atomic E-state index is 0.0356. The fourth-order valence-electron chi connectivity index (χ4n) is 3.85. The van der Waals surface area contributed by atoms with E-state index in [1.807, 2.05) is 48.9 Å². The molecule has 0 saturated heterocycles. The molecule has 1 N–H and O–H groups in total. The Kier molecular flexibility index (Phi) is 6.41. The summed E-state index contributed by atoms with van der Waals surface area (Å²) in [4.78, 5) is 32.3. The van der Waals surface area contributed by atoms with Crippen molar-refractivity contribution in [3.63, 3.8) is 0 Å². The average Bonchev–Trinajstić information content (AvgIpc) is 3.52. The summed E-state index contributed by atoms with van der Waals surface area (Å²) in [6.45, 7) is 4.96. The molecule has 8 heteroatoms. The second-order valence-corrected chi connectivity index (χ2v) is 8.81. The molecule has 0 radical (unpaired) electrons. The van der Waals surface area contributed by atoms with E-state index in [1.54, 1.807) is 34.9 Å². The molecule has 4 rings (SSSR count). The third-order valence-electron chi connectivity index (χ3n) is 5.24. The number of aryl methyl sites for hydroxylation is 1. The van der Waals surface area contributed by atoms with E-state index in [2.05, 4.69) is 4.98 Å². The van der Waals surface area contributed by atoms with Crippen LogP contribution in [0.15, 0.2) is 71.8 Å². The number of aromatic nitrogens is 2. The molecule has 1 amide bonds. The van der Waals surface area contributed by atoms with Crippen LogP contribution in [0.5, 0.6) is 5.75 Å². The molecule has 1 aromatic carbocycles. The average molecular weight is 452 g/mol. The first-order chi connectivity index (χ1) is 15.5. The second kappa shape index (κ2) is 9.40. The van der Waals surface area contributed by atoms with Gasteiger partial charge in [-0.2, -0.15) is 0 Å². The third-order valence-corrected chi connectivity index (χ3v) is 6.10. The normalized spacial score (nSPS) is 16.3. The Labute approximate surface area is 190 Å². The van der Waals surface area contributed by atoms with Gasteiger partial charge < -0.3 is 19.3 Å². The maximum absolute atomic E-state index is 13.2. The Balaban J connectivity index is 1.64. The van der Waals surface area contributed by atoms with Gasteiger partial charge in [0.2, 0.25) is 5.78 Å². The predicted molar refractivity (Wildman–Crippen MR) is 122 cm³/mol. The summed E-state index contributed by atoms with van der Waals surface area (Å²) in [5.74, 6) is -0.615. The van der Waals surface area contributed by atoms with E-state index in [9.17, 15) is 14.7 Å². The minimum Gasteiger partial charge on any atom is -0.503 e. The van der Waals surface area contributed by atoms with Gasteiger partial charge in [0.05, 0.1) is 28.9 Å². The molecule has 166 valence electrons. The number of rotatable bonds is 9.